The lowest BCUT2D eigenvalue weighted by atomic mass is 10.1. The second-order valence-corrected chi connectivity index (χ2v) is 6.70. The molecule has 1 atom stereocenters. The summed E-state index contributed by atoms with van der Waals surface area (Å²) in [6.45, 7) is 2.17. The number of carbonyl (C=O) groups excluding carboxylic acids is 1. The zero-order valence-electron chi connectivity index (χ0n) is 15.5. The Bertz CT molecular complexity index is 1100. The fourth-order valence-electron chi connectivity index (χ4n) is 3.24. The molecule has 0 radical (unpaired) electrons. The average molecular weight is 373 g/mol. The fourth-order valence-corrected chi connectivity index (χ4v) is 3.24. The minimum absolute atomic E-state index is 0.141. The Morgan fingerprint density at radius 2 is 1.68 bits per heavy atom. The van der Waals surface area contributed by atoms with Gasteiger partial charge in [0.05, 0.1) is 5.52 Å². The zero-order chi connectivity index (χ0) is 19.5. The number of halogens is 1. The van der Waals surface area contributed by atoms with Crippen molar-refractivity contribution in [2.24, 2.45) is 0 Å². The lowest BCUT2D eigenvalue weighted by molar-refractivity contribution is -0.124. The van der Waals surface area contributed by atoms with Crippen molar-refractivity contribution in [2.75, 3.05) is 0 Å². The number of fused-ring (bicyclic) bond motifs is 1. The van der Waals surface area contributed by atoms with Gasteiger partial charge < -0.3 is 5.32 Å². The SMILES string of the molecule is CC(C(=O)NCc1ccc(F)cc1)n1nc(-c2ccccc2)c2ccccc21. The van der Waals surface area contributed by atoms with Crippen LogP contribution in [0.15, 0.2) is 78.9 Å². The molecule has 4 rings (SSSR count). The summed E-state index contributed by atoms with van der Waals surface area (Å²) in [5.74, 6) is -0.433. The van der Waals surface area contributed by atoms with Crippen LogP contribution in [0, 0.1) is 5.82 Å². The van der Waals surface area contributed by atoms with Gasteiger partial charge >= 0.3 is 0 Å². The van der Waals surface area contributed by atoms with Crippen molar-refractivity contribution >= 4 is 16.8 Å². The Balaban J connectivity index is 1.61. The Morgan fingerprint density at radius 1 is 1.00 bits per heavy atom. The molecule has 0 saturated carbocycles. The van der Waals surface area contributed by atoms with Crippen molar-refractivity contribution < 1.29 is 9.18 Å². The highest BCUT2D eigenvalue weighted by Gasteiger charge is 2.20. The van der Waals surface area contributed by atoms with Gasteiger partial charge in [0.15, 0.2) is 0 Å². The molecule has 0 spiro atoms. The first-order valence-electron chi connectivity index (χ1n) is 9.18. The maximum Gasteiger partial charge on any atom is 0.244 e. The maximum atomic E-state index is 13.0. The van der Waals surface area contributed by atoms with Crippen molar-refractivity contribution in [3.05, 3.63) is 90.2 Å². The Morgan fingerprint density at radius 3 is 2.43 bits per heavy atom. The number of amides is 1. The molecule has 0 aliphatic rings. The van der Waals surface area contributed by atoms with Crippen LogP contribution < -0.4 is 5.32 Å². The summed E-state index contributed by atoms with van der Waals surface area (Å²) in [6, 6.07) is 23.5. The number of para-hydroxylation sites is 1. The van der Waals surface area contributed by atoms with Gasteiger partial charge in [0.1, 0.15) is 17.6 Å². The van der Waals surface area contributed by atoms with Crippen LogP contribution in [0.4, 0.5) is 4.39 Å². The molecule has 0 saturated heterocycles. The third-order valence-electron chi connectivity index (χ3n) is 4.79. The third kappa shape index (κ3) is 3.51. The number of rotatable bonds is 5. The van der Waals surface area contributed by atoms with Crippen molar-refractivity contribution in [1.82, 2.24) is 15.1 Å². The van der Waals surface area contributed by atoms with Crippen molar-refractivity contribution in [2.45, 2.75) is 19.5 Å². The topological polar surface area (TPSA) is 46.9 Å². The highest BCUT2D eigenvalue weighted by molar-refractivity contribution is 5.94. The molecule has 1 amide bonds. The van der Waals surface area contributed by atoms with E-state index in [-0.39, 0.29) is 11.7 Å². The summed E-state index contributed by atoms with van der Waals surface area (Å²) in [5.41, 5.74) is 3.62. The summed E-state index contributed by atoms with van der Waals surface area (Å²) in [7, 11) is 0. The fraction of sp³-hybridized carbons (Fsp3) is 0.130. The molecule has 1 aromatic heterocycles. The molecule has 0 fully saturated rings. The lowest BCUT2D eigenvalue weighted by Crippen LogP contribution is -2.31. The summed E-state index contributed by atoms with van der Waals surface area (Å²) in [5, 5.41) is 8.67. The predicted octanol–water partition coefficient (Wildman–Crippen LogP) is 4.72. The molecule has 4 nitrogen and oxygen atoms in total. The monoisotopic (exact) mass is 373 g/mol. The van der Waals surface area contributed by atoms with E-state index in [1.165, 1.54) is 12.1 Å². The van der Waals surface area contributed by atoms with Gasteiger partial charge in [-0.05, 0) is 30.7 Å². The molecule has 5 heteroatoms. The van der Waals surface area contributed by atoms with Crippen LogP contribution in [0.5, 0.6) is 0 Å². The van der Waals surface area contributed by atoms with E-state index < -0.39 is 6.04 Å². The van der Waals surface area contributed by atoms with E-state index in [4.69, 9.17) is 5.10 Å². The Hall–Kier alpha value is -3.47. The van der Waals surface area contributed by atoms with E-state index in [1.54, 1.807) is 16.8 Å². The highest BCUT2D eigenvalue weighted by Crippen LogP contribution is 2.29. The molecule has 4 aromatic rings. The van der Waals surface area contributed by atoms with Crippen LogP contribution in [0.3, 0.4) is 0 Å². The molecule has 1 N–H and O–H groups in total. The van der Waals surface area contributed by atoms with E-state index in [9.17, 15) is 9.18 Å². The molecule has 3 aromatic carbocycles. The minimum atomic E-state index is -0.484. The molecular weight excluding hydrogens is 353 g/mol. The van der Waals surface area contributed by atoms with Gasteiger partial charge in [0, 0.05) is 17.5 Å². The molecule has 0 bridgehead atoms. The second kappa shape index (κ2) is 7.64. The number of benzene rings is 3. The van der Waals surface area contributed by atoms with E-state index in [2.05, 4.69) is 5.32 Å². The number of hydrogen-bond acceptors (Lipinski definition) is 2. The zero-order valence-corrected chi connectivity index (χ0v) is 15.5. The van der Waals surface area contributed by atoms with E-state index in [1.807, 2.05) is 61.5 Å². The number of aromatic nitrogens is 2. The van der Waals surface area contributed by atoms with Gasteiger partial charge in [-0.1, -0.05) is 60.7 Å². The van der Waals surface area contributed by atoms with Crippen molar-refractivity contribution in [3.8, 4) is 11.3 Å². The minimum Gasteiger partial charge on any atom is -0.350 e. The van der Waals surface area contributed by atoms with Gasteiger partial charge in [0.2, 0.25) is 5.91 Å². The predicted molar refractivity (Wildman–Crippen MR) is 108 cm³/mol. The smallest absolute Gasteiger partial charge is 0.244 e. The maximum absolute atomic E-state index is 13.0. The molecule has 0 aliphatic carbocycles. The number of hydrogen-bond donors (Lipinski definition) is 1. The molecule has 1 heterocycles. The van der Waals surface area contributed by atoms with Gasteiger partial charge in [-0.2, -0.15) is 5.10 Å². The van der Waals surface area contributed by atoms with Crippen LogP contribution in [0.1, 0.15) is 18.5 Å². The number of carbonyl (C=O) groups is 1. The van der Waals surface area contributed by atoms with Crippen LogP contribution in [0.25, 0.3) is 22.2 Å². The summed E-state index contributed by atoms with van der Waals surface area (Å²) in [4.78, 5) is 12.7. The first-order valence-corrected chi connectivity index (χ1v) is 9.18. The summed E-state index contributed by atoms with van der Waals surface area (Å²) < 4.78 is 14.8. The first kappa shape index (κ1) is 17.9. The van der Waals surface area contributed by atoms with E-state index in [0.29, 0.717) is 6.54 Å². The summed E-state index contributed by atoms with van der Waals surface area (Å²) in [6.07, 6.45) is 0. The van der Waals surface area contributed by atoms with Crippen LogP contribution >= 0.6 is 0 Å². The van der Waals surface area contributed by atoms with Crippen LogP contribution in [-0.2, 0) is 11.3 Å². The molecule has 140 valence electrons. The Kier molecular flexibility index (Phi) is 4.89. The van der Waals surface area contributed by atoms with Crippen molar-refractivity contribution in [1.29, 1.82) is 0 Å². The molecule has 1 unspecified atom stereocenters. The van der Waals surface area contributed by atoms with Gasteiger partial charge in [-0.3, -0.25) is 9.48 Å². The quantitative estimate of drug-likeness (QED) is 0.550. The van der Waals surface area contributed by atoms with Gasteiger partial charge in [-0.25, -0.2) is 4.39 Å². The van der Waals surface area contributed by atoms with E-state index in [0.717, 1.165) is 27.7 Å². The lowest BCUT2D eigenvalue weighted by Gasteiger charge is -2.14. The molecular formula is C23H20FN3O. The molecule has 28 heavy (non-hydrogen) atoms. The standard InChI is InChI=1S/C23H20FN3O/c1-16(23(28)25-15-17-11-13-19(24)14-12-17)27-21-10-6-5-9-20(21)22(26-27)18-7-3-2-4-8-18/h2-14,16H,15H2,1H3,(H,25,28). The normalized spacial score (nSPS) is 12.1. The third-order valence-corrected chi connectivity index (χ3v) is 4.79. The second-order valence-electron chi connectivity index (χ2n) is 6.70. The first-order chi connectivity index (χ1) is 13.6. The summed E-state index contributed by atoms with van der Waals surface area (Å²) >= 11 is 0. The largest absolute Gasteiger partial charge is 0.350 e. The Labute approximate surface area is 162 Å². The van der Waals surface area contributed by atoms with Crippen molar-refractivity contribution in [3.63, 3.8) is 0 Å². The van der Waals surface area contributed by atoms with E-state index >= 15 is 0 Å². The molecule has 0 aliphatic heterocycles. The van der Waals surface area contributed by atoms with Gasteiger partial charge in [0.25, 0.3) is 0 Å². The number of nitrogens with zero attached hydrogens (tertiary/aromatic N) is 2. The average Bonchev–Trinajstić information content (AvgIpc) is 3.13. The van der Waals surface area contributed by atoms with Crippen LogP contribution in [-0.4, -0.2) is 15.7 Å². The van der Waals surface area contributed by atoms with Crippen LogP contribution in [0.2, 0.25) is 0 Å². The highest BCUT2D eigenvalue weighted by atomic mass is 19.1. The number of nitrogens with one attached hydrogen (secondary N) is 1. The van der Waals surface area contributed by atoms with Gasteiger partial charge in [-0.15, -0.1) is 0 Å².